The number of hydrogen-bond acceptors (Lipinski definition) is 4. The third-order valence-corrected chi connectivity index (χ3v) is 6.73. The second kappa shape index (κ2) is 8.06. The molecule has 1 aromatic carbocycles. The molecule has 1 aliphatic heterocycles. The number of aromatic amines is 1. The maximum absolute atomic E-state index is 13.5. The van der Waals surface area contributed by atoms with E-state index in [1.165, 1.54) is 7.11 Å². The van der Waals surface area contributed by atoms with Crippen LogP contribution in [0, 0.1) is 11.3 Å². The lowest BCUT2D eigenvalue weighted by Crippen LogP contribution is -2.51. The average molecular weight is 475 g/mol. The summed E-state index contributed by atoms with van der Waals surface area (Å²) < 4.78 is 5.75. The third kappa shape index (κ3) is 4.10. The summed E-state index contributed by atoms with van der Waals surface area (Å²) in [5, 5.41) is 2.71. The predicted molar refractivity (Wildman–Crippen MR) is 117 cm³/mol. The highest BCUT2D eigenvalue weighted by molar-refractivity contribution is 9.10. The van der Waals surface area contributed by atoms with E-state index in [-0.39, 0.29) is 23.3 Å². The van der Waals surface area contributed by atoms with Gasteiger partial charge in [0, 0.05) is 11.0 Å². The van der Waals surface area contributed by atoms with Gasteiger partial charge in [0.15, 0.2) is 0 Å². The Morgan fingerprint density at radius 3 is 2.60 bits per heavy atom. The number of nitrogens with one attached hydrogen (secondary N) is 2. The van der Waals surface area contributed by atoms with Crippen molar-refractivity contribution in [3.05, 3.63) is 40.8 Å². The number of methoxy groups -OCH3 is 1. The molecule has 4 rings (SSSR count). The van der Waals surface area contributed by atoms with Crippen LogP contribution in [-0.4, -0.2) is 46.6 Å². The van der Waals surface area contributed by atoms with Gasteiger partial charge < -0.3 is 19.9 Å². The van der Waals surface area contributed by atoms with Gasteiger partial charge in [0.05, 0.1) is 25.0 Å². The highest BCUT2D eigenvalue weighted by atomic mass is 79.9. The van der Waals surface area contributed by atoms with Gasteiger partial charge in [-0.25, -0.2) is 9.78 Å². The van der Waals surface area contributed by atoms with Crippen LogP contribution in [-0.2, 0) is 9.53 Å². The molecule has 2 heterocycles. The number of benzene rings is 1. The van der Waals surface area contributed by atoms with Crippen LogP contribution in [0.15, 0.2) is 34.9 Å². The zero-order valence-corrected chi connectivity index (χ0v) is 19.0. The van der Waals surface area contributed by atoms with E-state index in [1.54, 1.807) is 0 Å². The lowest BCUT2D eigenvalue weighted by Gasteiger charge is -2.30. The third-order valence-electron chi connectivity index (χ3n) is 6.21. The molecule has 1 saturated carbocycles. The van der Waals surface area contributed by atoms with Gasteiger partial charge >= 0.3 is 6.09 Å². The molecule has 160 valence electrons. The lowest BCUT2D eigenvalue weighted by molar-refractivity contribution is -0.135. The summed E-state index contributed by atoms with van der Waals surface area (Å²) in [5.41, 5.74) is 2.16. The van der Waals surface area contributed by atoms with Crippen molar-refractivity contribution in [1.82, 2.24) is 20.2 Å². The fourth-order valence-corrected chi connectivity index (χ4v) is 4.50. The quantitative estimate of drug-likeness (QED) is 0.676. The smallest absolute Gasteiger partial charge is 0.407 e. The van der Waals surface area contributed by atoms with Crippen molar-refractivity contribution >= 4 is 27.9 Å². The summed E-state index contributed by atoms with van der Waals surface area (Å²) in [5.74, 6) is 0.666. The molecule has 2 atom stereocenters. The molecule has 1 unspecified atom stereocenters. The molecule has 7 nitrogen and oxygen atoms in total. The van der Waals surface area contributed by atoms with Crippen molar-refractivity contribution in [1.29, 1.82) is 0 Å². The molecule has 2 fully saturated rings. The van der Waals surface area contributed by atoms with E-state index in [1.807, 2.05) is 49.2 Å². The van der Waals surface area contributed by atoms with Crippen LogP contribution in [0.4, 0.5) is 4.79 Å². The van der Waals surface area contributed by atoms with Gasteiger partial charge in [-0.3, -0.25) is 4.79 Å². The molecule has 2 amide bonds. The fourth-order valence-electron chi connectivity index (χ4n) is 4.23. The molecular formula is C22H27BrN4O3. The molecule has 1 aromatic heterocycles. The first kappa shape index (κ1) is 20.9. The van der Waals surface area contributed by atoms with Gasteiger partial charge in [0.2, 0.25) is 5.91 Å². The Morgan fingerprint density at radius 1 is 1.30 bits per heavy atom. The highest BCUT2D eigenvalue weighted by Crippen LogP contribution is 2.58. The number of alkyl carbamates (subject to hydrolysis) is 1. The molecule has 2 aromatic rings. The van der Waals surface area contributed by atoms with Crippen molar-refractivity contribution in [3.8, 4) is 11.3 Å². The van der Waals surface area contributed by atoms with E-state index in [2.05, 4.69) is 31.2 Å². The first-order valence-corrected chi connectivity index (χ1v) is 11.1. The molecule has 30 heavy (non-hydrogen) atoms. The Morgan fingerprint density at radius 2 is 2.00 bits per heavy atom. The van der Waals surface area contributed by atoms with Crippen LogP contribution in [0.1, 0.15) is 45.0 Å². The maximum atomic E-state index is 13.5. The van der Waals surface area contributed by atoms with Gasteiger partial charge in [0.25, 0.3) is 0 Å². The van der Waals surface area contributed by atoms with E-state index in [0.717, 1.165) is 40.8 Å². The zero-order chi connectivity index (χ0) is 21.5. The number of carbonyl (C=O) groups is 2. The number of aromatic nitrogens is 2. The van der Waals surface area contributed by atoms with Crippen LogP contribution >= 0.6 is 15.9 Å². The molecule has 1 spiro atoms. The summed E-state index contributed by atoms with van der Waals surface area (Å²) in [6, 6.07) is 7.28. The number of likely N-dealkylation sites (tertiary alicyclic amines) is 1. The van der Waals surface area contributed by atoms with Gasteiger partial charge in [-0.15, -0.1) is 0 Å². The summed E-state index contributed by atoms with van der Waals surface area (Å²) in [7, 11) is 1.31. The molecule has 8 heteroatoms. The molecule has 0 radical (unpaired) electrons. The van der Waals surface area contributed by atoms with E-state index >= 15 is 0 Å². The van der Waals surface area contributed by atoms with E-state index in [4.69, 9.17) is 4.74 Å². The highest BCUT2D eigenvalue weighted by Gasteiger charge is 2.55. The van der Waals surface area contributed by atoms with Crippen molar-refractivity contribution in [2.24, 2.45) is 11.3 Å². The van der Waals surface area contributed by atoms with E-state index in [0.29, 0.717) is 6.54 Å². The minimum Gasteiger partial charge on any atom is -0.453 e. The van der Waals surface area contributed by atoms with Crippen molar-refractivity contribution in [2.75, 3.05) is 13.7 Å². The van der Waals surface area contributed by atoms with E-state index < -0.39 is 12.1 Å². The normalized spacial score (nSPS) is 20.4. The number of imidazole rings is 1. The summed E-state index contributed by atoms with van der Waals surface area (Å²) in [6.45, 7) is 4.56. The second-order valence-electron chi connectivity index (χ2n) is 8.73. The Labute approximate surface area is 184 Å². The monoisotopic (exact) mass is 474 g/mol. The molecule has 2 N–H and O–H groups in total. The molecule has 1 aliphatic carbocycles. The predicted octanol–water partition coefficient (Wildman–Crippen LogP) is 4.27. The minimum absolute atomic E-state index is 0.0528. The number of amides is 2. The van der Waals surface area contributed by atoms with Gasteiger partial charge in [0.1, 0.15) is 11.9 Å². The summed E-state index contributed by atoms with van der Waals surface area (Å²) >= 11 is 3.46. The number of carbonyl (C=O) groups excluding carboxylic acids is 2. The van der Waals surface area contributed by atoms with Crippen molar-refractivity contribution in [2.45, 2.75) is 45.2 Å². The molecular weight excluding hydrogens is 448 g/mol. The SMILES string of the molecule is COC(=O)N[C@H](C(=O)N1CC2(CC2)CC1c1ncc(-c2ccc(Br)cc2)[nH]1)C(C)C. The van der Waals surface area contributed by atoms with Crippen molar-refractivity contribution < 1.29 is 14.3 Å². The first-order chi connectivity index (χ1) is 14.3. The fraction of sp³-hybridized carbons (Fsp3) is 0.500. The second-order valence-corrected chi connectivity index (χ2v) is 9.65. The van der Waals surface area contributed by atoms with Crippen LogP contribution in [0.5, 0.6) is 0 Å². The van der Waals surface area contributed by atoms with Gasteiger partial charge in [-0.2, -0.15) is 0 Å². The summed E-state index contributed by atoms with van der Waals surface area (Å²) in [4.78, 5) is 35.2. The van der Waals surface area contributed by atoms with Gasteiger partial charge in [-0.1, -0.05) is 41.9 Å². The number of ether oxygens (including phenoxy) is 1. The molecule has 0 bridgehead atoms. The Kier molecular flexibility index (Phi) is 5.61. The van der Waals surface area contributed by atoms with Crippen molar-refractivity contribution in [3.63, 3.8) is 0 Å². The number of nitrogens with zero attached hydrogens (tertiary/aromatic N) is 2. The Hall–Kier alpha value is -2.35. The number of halogens is 1. The Bertz CT molecular complexity index is 936. The number of rotatable bonds is 5. The topological polar surface area (TPSA) is 87.3 Å². The van der Waals surface area contributed by atoms with Crippen LogP contribution in [0.2, 0.25) is 0 Å². The van der Waals surface area contributed by atoms with E-state index in [9.17, 15) is 9.59 Å². The Balaban J connectivity index is 1.59. The zero-order valence-electron chi connectivity index (χ0n) is 17.4. The minimum atomic E-state index is -0.630. The largest absolute Gasteiger partial charge is 0.453 e. The van der Waals surface area contributed by atoms with Crippen LogP contribution < -0.4 is 5.32 Å². The molecule has 1 saturated heterocycles. The standard InChI is InChI=1S/C22H27BrN4O3/c1-13(2)18(26-21(29)30-3)20(28)27-12-22(8-9-22)10-17(27)19-24-11-16(25-19)14-4-6-15(23)7-5-14/h4-7,11,13,17-18H,8-10,12H2,1-3H3,(H,24,25)(H,26,29)/t17?,18-/m0/s1. The molecule has 2 aliphatic rings. The number of H-pyrrole nitrogens is 1. The lowest BCUT2D eigenvalue weighted by atomic mass is 10.0. The van der Waals surface area contributed by atoms with Gasteiger partial charge in [-0.05, 0) is 48.3 Å². The summed E-state index contributed by atoms with van der Waals surface area (Å²) in [6.07, 6.45) is 4.39. The first-order valence-electron chi connectivity index (χ1n) is 10.3. The van der Waals surface area contributed by atoms with Crippen LogP contribution in [0.25, 0.3) is 11.3 Å². The average Bonchev–Trinajstić information content (AvgIpc) is 3.13. The maximum Gasteiger partial charge on any atom is 0.407 e. The number of hydrogen-bond donors (Lipinski definition) is 2. The van der Waals surface area contributed by atoms with Crippen LogP contribution in [0.3, 0.4) is 0 Å².